The highest BCUT2D eigenvalue weighted by Gasteiger charge is 2.39. The molecule has 0 radical (unpaired) electrons. The molecule has 17 heavy (non-hydrogen) atoms. The molecule has 1 fully saturated rings. The van der Waals surface area contributed by atoms with Gasteiger partial charge in [-0.25, -0.2) is 9.97 Å². The Morgan fingerprint density at radius 3 is 2.29 bits per heavy atom. The van der Waals surface area contributed by atoms with E-state index in [2.05, 4.69) is 43.0 Å². The monoisotopic (exact) mass is 233 g/mol. The van der Waals surface area contributed by atoms with Crippen molar-refractivity contribution in [1.82, 2.24) is 9.97 Å². The van der Waals surface area contributed by atoms with Crippen molar-refractivity contribution >= 4 is 11.6 Å². The minimum Gasteiger partial charge on any atom is -0.323 e. The molecule has 1 aliphatic rings. The first kappa shape index (κ1) is 12.0. The van der Waals surface area contributed by atoms with Crippen molar-refractivity contribution in [2.75, 3.05) is 5.32 Å². The first-order chi connectivity index (χ1) is 7.88. The van der Waals surface area contributed by atoms with E-state index in [4.69, 9.17) is 0 Å². The van der Waals surface area contributed by atoms with E-state index in [1.807, 2.05) is 0 Å². The van der Waals surface area contributed by atoms with Crippen LogP contribution in [0.4, 0.5) is 5.69 Å². The van der Waals surface area contributed by atoms with E-state index in [-0.39, 0.29) is 17.2 Å². The van der Waals surface area contributed by atoms with Crippen LogP contribution < -0.4 is 5.32 Å². The summed E-state index contributed by atoms with van der Waals surface area (Å²) >= 11 is 0. The van der Waals surface area contributed by atoms with Gasteiger partial charge in [0.1, 0.15) is 5.82 Å². The molecule has 2 atom stereocenters. The topological polar surface area (TPSA) is 54.9 Å². The fraction of sp³-hybridized carbons (Fsp3) is 0.615. The normalized spacial score (nSPS) is 23.3. The molecule has 1 aliphatic carbocycles. The molecule has 2 rings (SSSR count). The summed E-state index contributed by atoms with van der Waals surface area (Å²) in [6.45, 7) is 8.27. The van der Waals surface area contributed by atoms with Crippen molar-refractivity contribution in [3.8, 4) is 0 Å². The Labute approximate surface area is 102 Å². The van der Waals surface area contributed by atoms with Crippen molar-refractivity contribution in [2.45, 2.75) is 39.5 Å². The number of nitrogens with zero attached hydrogens (tertiary/aromatic N) is 2. The van der Waals surface area contributed by atoms with E-state index in [1.165, 1.54) is 0 Å². The van der Waals surface area contributed by atoms with Gasteiger partial charge in [0.25, 0.3) is 0 Å². The van der Waals surface area contributed by atoms with Gasteiger partial charge in [-0.2, -0.15) is 0 Å². The fourth-order valence-corrected chi connectivity index (χ4v) is 1.70. The number of carbonyl (C=O) groups excluding carboxylic acids is 1. The number of nitrogens with one attached hydrogen (secondary N) is 1. The number of carbonyl (C=O) groups is 1. The van der Waals surface area contributed by atoms with Gasteiger partial charge in [0.2, 0.25) is 5.91 Å². The molecule has 1 N–H and O–H groups in total. The minimum absolute atomic E-state index is 0.0620. The van der Waals surface area contributed by atoms with E-state index in [0.717, 1.165) is 12.2 Å². The third-order valence-corrected chi connectivity index (χ3v) is 3.04. The lowest BCUT2D eigenvalue weighted by molar-refractivity contribution is -0.117. The molecule has 0 saturated heterocycles. The molecule has 0 aliphatic heterocycles. The third-order valence-electron chi connectivity index (χ3n) is 3.04. The molecule has 1 saturated carbocycles. The van der Waals surface area contributed by atoms with E-state index in [1.54, 1.807) is 12.4 Å². The highest BCUT2D eigenvalue weighted by atomic mass is 16.2. The van der Waals surface area contributed by atoms with Crippen LogP contribution in [0.5, 0.6) is 0 Å². The van der Waals surface area contributed by atoms with Crippen molar-refractivity contribution in [2.24, 2.45) is 11.8 Å². The van der Waals surface area contributed by atoms with Crippen LogP contribution in [-0.2, 0) is 10.2 Å². The van der Waals surface area contributed by atoms with Gasteiger partial charge in [0.05, 0.1) is 18.1 Å². The minimum atomic E-state index is -0.0620. The number of hydrogen-bond donors (Lipinski definition) is 1. The summed E-state index contributed by atoms with van der Waals surface area (Å²) in [5.74, 6) is 1.57. The maximum absolute atomic E-state index is 11.7. The summed E-state index contributed by atoms with van der Waals surface area (Å²) in [5, 5.41) is 2.85. The molecule has 4 heteroatoms. The SMILES string of the molecule is C[C@H]1C[C@H]1C(=O)Nc1cnc(C(C)(C)C)nc1. The van der Waals surface area contributed by atoms with Gasteiger partial charge in [0, 0.05) is 11.3 Å². The number of amides is 1. The zero-order valence-corrected chi connectivity index (χ0v) is 10.8. The van der Waals surface area contributed by atoms with E-state index in [9.17, 15) is 4.79 Å². The molecule has 0 aromatic carbocycles. The molecule has 4 nitrogen and oxygen atoms in total. The number of aromatic nitrogens is 2. The van der Waals surface area contributed by atoms with Gasteiger partial charge < -0.3 is 5.32 Å². The van der Waals surface area contributed by atoms with Gasteiger partial charge in [0.15, 0.2) is 0 Å². The Hall–Kier alpha value is -1.45. The molecule has 1 heterocycles. The van der Waals surface area contributed by atoms with Crippen LogP contribution in [0.1, 0.15) is 39.9 Å². The zero-order valence-electron chi connectivity index (χ0n) is 10.8. The molecule has 1 aromatic rings. The average molecular weight is 233 g/mol. The number of anilines is 1. The van der Waals surface area contributed by atoms with E-state index in [0.29, 0.717) is 11.6 Å². The smallest absolute Gasteiger partial charge is 0.227 e. The van der Waals surface area contributed by atoms with Gasteiger partial charge in [-0.3, -0.25) is 4.79 Å². The lowest BCUT2D eigenvalue weighted by Gasteiger charge is -2.16. The summed E-state index contributed by atoms with van der Waals surface area (Å²) in [5.41, 5.74) is 0.621. The van der Waals surface area contributed by atoms with Crippen molar-refractivity contribution < 1.29 is 4.79 Å². The van der Waals surface area contributed by atoms with Crippen LogP contribution in [0.15, 0.2) is 12.4 Å². The van der Waals surface area contributed by atoms with Crippen LogP contribution in [0, 0.1) is 11.8 Å². The molecule has 1 amide bonds. The number of rotatable bonds is 2. The van der Waals surface area contributed by atoms with E-state index >= 15 is 0 Å². The summed E-state index contributed by atoms with van der Waals surface area (Å²) in [4.78, 5) is 20.3. The molecule has 1 aromatic heterocycles. The lowest BCUT2D eigenvalue weighted by Crippen LogP contribution is -2.18. The van der Waals surface area contributed by atoms with Crippen molar-refractivity contribution in [3.05, 3.63) is 18.2 Å². The first-order valence-corrected chi connectivity index (χ1v) is 6.01. The van der Waals surface area contributed by atoms with Crippen molar-refractivity contribution in [3.63, 3.8) is 0 Å². The Balaban J connectivity index is 2.01. The summed E-state index contributed by atoms with van der Waals surface area (Å²) in [7, 11) is 0. The van der Waals surface area contributed by atoms with Crippen LogP contribution in [0.25, 0.3) is 0 Å². The van der Waals surface area contributed by atoms with Gasteiger partial charge in [-0.1, -0.05) is 27.7 Å². The standard InChI is InChI=1S/C13H19N3O/c1-8-5-10(8)11(17)16-9-6-14-12(15-7-9)13(2,3)4/h6-8,10H,5H2,1-4H3,(H,16,17)/t8-,10+/m0/s1. The molecule has 0 unspecified atom stereocenters. The third kappa shape index (κ3) is 2.81. The summed E-state index contributed by atoms with van der Waals surface area (Å²) < 4.78 is 0. The average Bonchev–Trinajstić information content (AvgIpc) is 2.95. The second-order valence-electron chi connectivity index (χ2n) is 5.85. The molecular weight excluding hydrogens is 214 g/mol. The quantitative estimate of drug-likeness (QED) is 0.853. The van der Waals surface area contributed by atoms with Crippen LogP contribution in [0.3, 0.4) is 0 Å². The molecule has 92 valence electrons. The van der Waals surface area contributed by atoms with E-state index < -0.39 is 0 Å². The van der Waals surface area contributed by atoms with Gasteiger partial charge in [-0.05, 0) is 12.3 Å². The highest BCUT2D eigenvalue weighted by Crippen LogP contribution is 2.38. The number of hydrogen-bond acceptors (Lipinski definition) is 3. The van der Waals surface area contributed by atoms with Crippen LogP contribution >= 0.6 is 0 Å². The maximum atomic E-state index is 11.7. The predicted octanol–water partition coefficient (Wildman–Crippen LogP) is 2.37. The van der Waals surface area contributed by atoms with Crippen LogP contribution in [-0.4, -0.2) is 15.9 Å². The van der Waals surface area contributed by atoms with Crippen molar-refractivity contribution in [1.29, 1.82) is 0 Å². The van der Waals surface area contributed by atoms with Gasteiger partial charge >= 0.3 is 0 Å². The predicted molar refractivity (Wildman–Crippen MR) is 66.6 cm³/mol. The fourth-order valence-electron chi connectivity index (χ4n) is 1.70. The zero-order chi connectivity index (χ0) is 12.6. The Morgan fingerprint density at radius 1 is 1.35 bits per heavy atom. The second kappa shape index (κ2) is 4.09. The Kier molecular flexibility index (Phi) is 2.89. The maximum Gasteiger partial charge on any atom is 0.227 e. The lowest BCUT2D eigenvalue weighted by atomic mass is 9.96. The molecule has 0 bridgehead atoms. The first-order valence-electron chi connectivity index (χ1n) is 6.01. The summed E-state index contributed by atoms with van der Waals surface area (Å²) in [6.07, 6.45) is 4.35. The van der Waals surface area contributed by atoms with Crippen LogP contribution in [0.2, 0.25) is 0 Å². The van der Waals surface area contributed by atoms with Gasteiger partial charge in [-0.15, -0.1) is 0 Å². The largest absolute Gasteiger partial charge is 0.323 e. The highest BCUT2D eigenvalue weighted by molar-refractivity contribution is 5.94. The molecule has 0 spiro atoms. The Morgan fingerprint density at radius 2 is 1.88 bits per heavy atom. The Bertz CT molecular complexity index is 419. The second-order valence-corrected chi connectivity index (χ2v) is 5.85. The molecular formula is C13H19N3O. The summed E-state index contributed by atoms with van der Waals surface area (Å²) in [6, 6.07) is 0.